The SMILES string of the molecule is CCC(O)COc1ccc(Br)cc1OCC#N. The number of nitrogens with zero attached hydrogens (tertiary/aromatic N) is 1. The van der Waals surface area contributed by atoms with Crippen LogP contribution in [0, 0.1) is 11.3 Å². The second kappa shape index (κ2) is 7.15. The molecule has 0 saturated heterocycles. The van der Waals surface area contributed by atoms with Crippen molar-refractivity contribution < 1.29 is 14.6 Å². The number of aliphatic hydroxyl groups is 1. The largest absolute Gasteiger partial charge is 0.487 e. The van der Waals surface area contributed by atoms with Gasteiger partial charge in [0.05, 0.1) is 6.10 Å². The standard InChI is InChI=1S/C12H14BrNO3/c1-2-10(15)8-17-11-4-3-9(13)7-12(11)16-6-5-14/h3-4,7,10,15H,2,6,8H2,1H3. The zero-order chi connectivity index (χ0) is 12.7. The van der Waals surface area contributed by atoms with Crippen molar-refractivity contribution >= 4 is 15.9 Å². The lowest BCUT2D eigenvalue weighted by Gasteiger charge is -2.13. The maximum atomic E-state index is 9.41. The van der Waals surface area contributed by atoms with Crippen LogP contribution < -0.4 is 9.47 Å². The normalized spacial score (nSPS) is 11.6. The molecule has 5 heteroatoms. The smallest absolute Gasteiger partial charge is 0.174 e. The highest BCUT2D eigenvalue weighted by Gasteiger charge is 2.08. The molecule has 0 fully saturated rings. The van der Waals surface area contributed by atoms with E-state index in [0.29, 0.717) is 17.9 Å². The molecule has 1 aromatic rings. The Bertz CT molecular complexity index is 403. The van der Waals surface area contributed by atoms with E-state index in [-0.39, 0.29) is 13.2 Å². The molecule has 1 unspecified atom stereocenters. The summed E-state index contributed by atoms with van der Waals surface area (Å²) in [5.74, 6) is 1.01. The van der Waals surface area contributed by atoms with Crippen molar-refractivity contribution in [3.05, 3.63) is 22.7 Å². The monoisotopic (exact) mass is 299 g/mol. The number of hydrogen-bond donors (Lipinski definition) is 1. The Morgan fingerprint density at radius 2 is 2.18 bits per heavy atom. The minimum absolute atomic E-state index is 0.0385. The summed E-state index contributed by atoms with van der Waals surface area (Å²) in [5.41, 5.74) is 0. The summed E-state index contributed by atoms with van der Waals surface area (Å²) >= 11 is 3.31. The molecule has 17 heavy (non-hydrogen) atoms. The Labute approximate surface area is 109 Å². The third kappa shape index (κ3) is 4.63. The molecular formula is C12H14BrNO3. The van der Waals surface area contributed by atoms with E-state index in [2.05, 4.69) is 15.9 Å². The van der Waals surface area contributed by atoms with Crippen LogP contribution in [-0.4, -0.2) is 24.4 Å². The topological polar surface area (TPSA) is 62.5 Å². The van der Waals surface area contributed by atoms with Crippen LogP contribution in [0.2, 0.25) is 0 Å². The number of hydrogen-bond acceptors (Lipinski definition) is 4. The van der Waals surface area contributed by atoms with Gasteiger partial charge in [-0.1, -0.05) is 22.9 Å². The minimum atomic E-state index is -0.498. The van der Waals surface area contributed by atoms with Crippen LogP contribution in [0.4, 0.5) is 0 Å². The van der Waals surface area contributed by atoms with E-state index in [0.717, 1.165) is 4.47 Å². The molecule has 92 valence electrons. The van der Waals surface area contributed by atoms with Crippen LogP contribution in [0.3, 0.4) is 0 Å². The number of rotatable bonds is 6. The van der Waals surface area contributed by atoms with E-state index >= 15 is 0 Å². The molecule has 0 aliphatic carbocycles. The summed E-state index contributed by atoms with van der Waals surface area (Å²) in [7, 11) is 0. The molecule has 0 spiro atoms. The molecule has 0 heterocycles. The molecule has 0 aromatic heterocycles. The molecule has 0 aliphatic rings. The Morgan fingerprint density at radius 3 is 2.82 bits per heavy atom. The van der Waals surface area contributed by atoms with Gasteiger partial charge in [0.2, 0.25) is 0 Å². The van der Waals surface area contributed by atoms with Crippen LogP contribution in [0.5, 0.6) is 11.5 Å². The van der Waals surface area contributed by atoms with Crippen molar-refractivity contribution in [1.82, 2.24) is 0 Å². The van der Waals surface area contributed by atoms with Gasteiger partial charge >= 0.3 is 0 Å². The summed E-state index contributed by atoms with van der Waals surface area (Å²) in [6, 6.07) is 7.17. The second-order valence-corrected chi connectivity index (χ2v) is 4.33. The molecule has 4 nitrogen and oxygen atoms in total. The van der Waals surface area contributed by atoms with Gasteiger partial charge in [-0.15, -0.1) is 0 Å². The van der Waals surface area contributed by atoms with Crippen molar-refractivity contribution in [3.8, 4) is 17.6 Å². The van der Waals surface area contributed by atoms with Crippen molar-refractivity contribution in [2.45, 2.75) is 19.4 Å². The zero-order valence-electron chi connectivity index (χ0n) is 9.52. The summed E-state index contributed by atoms with van der Waals surface area (Å²) < 4.78 is 11.5. The average Bonchev–Trinajstić information content (AvgIpc) is 2.34. The number of nitriles is 1. The van der Waals surface area contributed by atoms with Crippen LogP contribution in [-0.2, 0) is 0 Å². The molecular weight excluding hydrogens is 286 g/mol. The van der Waals surface area contributed by atoms with Crippen molar-refractivity contribution in [1.29, 1.82) is 5.26 Å². The Balaban J connectivity index is 2.72. The van der Waals surface area contributed by atoms with E-state index in [1.165, 1.54) is 0 Å². The van der Waals surface area contributed by atoms with E-state index in [1.807, 2.05) is 19.1 Å². The zero-order valence-corrected chi connectivity index (χ0v) is 11.1. The summed E-state index contributed by atoms with van der Waals surface area (Å²) in [4.78, 5) is 0. The van der Waals surface area contributed by atoms with Crippen molar-refractivity contribution in [3.63, 3.8) is 0 Å². The van der Waals surface area contributed by atoms with Gasteiger partial charge in [0.25, 0.3) is 0 Å². The molecule has 0 saturated carbocycles. The summed E-state index contributed by atoms with van der Waals surface area (Å²) in [6.45, 7) is 2.05. The number of ether oxygens (including phenoxy) is 2. The van der Waals surface area contributed by atoms with Gasteiger partial charge in [-0.2, -0.15) is 5.26 Å². The van der Waals surface area contributed by atoms with Gasteiger partial charge in [-0.25, -0.2) is 0 Å². The summed E-state index contributed by atoms with van der Waals surface area (Å²) in [5, 5.41) is 17.9. The highest BCUT2D eigenvalue weighted by molar-refractivity contribution is 9.10. The Kier molecular flexibility index (Phi) is 5.81. The highest BCUT2D eigenvalue weighted by Crippen LogP contribution is 2.30. The molecule has 0 radical (unpaired) electrons. The fourth-order valence-electron chi connectivity index (χ4n) is 1.13. The van der Waals surface area contributed by atoms with E-state index < -0.39 is 6.10 Å². The quantitative estimate of drug-likeness (QED) is 0.877. The van der Waals surface area contributed by atoms with Gasteiger partial charge in [-0.3, -0.25) is 0 Å². The third-order valence-electron chi connectivity index (χ3n) is 2.10. The van der Waals surface area contributed by atoms with Gasteiger partial charge in [0.1, 0.15) is 12.7 Å². The van der Waals surface area contributed by atoms with Gasteiger partial charge < -0.3 is 14.6 Å². The number of benzene rings is 1. The molecule has 0 aliphatic heterocycles. The predicted molar refractivity (Wildman–Crippen MR) is 67.0 cm³/mol. The molecule has 0 bridgehead atoms. The van der Waals surface area contributed by atoms with Crippen LogP contribution in [0.25, 0.3) is 0 Å². The van der Waals surface area contributed by atoms with Gasteiger partial charge in [0.15, 0.2) is 18.1 Å². The highest BCUT2D eigenvalue weighted by atomic mass is 79.9. The first-order valence-electron chi connectivity index (χ1n) is 5.27. The summed E-state index contributed by atoms with van der Waals surface area (Å²) in [6.07, 6.45) is 0.132. The maximum Gasteiger partial charge on any atom is 0.174 e. The van der Waals surface area contributed by atoms with Gasteiger partial charge in [-0.05, 0) is 24.6 Å². The number of aliphatic hydroxyl groups excluding tert-OH is 1. The van der Waals surface area contributed by atoms with Gasteiger partial charge in [0, 0.05) is 4.47 Å². The van der Waals surface area contributed by atoms with Crippen LogP contribution in [0.15, 0.2) is 22.7 Å². The van der Waals surface area contributed by atoms with Crippen molar-refractivity contribution in [2.75, 3.05) is 13.2 Å². The van der Waals surface area contributed by atoms with E-state index in [9.17, 15) is 5.11 Å². The first-order valence-corrected chi connectivity index (χ1v) is 6.06. The molecule has 1 aromatic carbocycles. The minimum Gasteiger partial charge on any atom is -0.487 e. The van der Waals surface area contributed by atoms with Crippen LogP contribution in [0.1, 0.15) is 13.3 Å². The predicted octanol–water partition coefficient (Wildman–Crippen LogP) is 2.50. The van der Waals surface area contributed by atoms with Crippen LogP contribution >= 0.6 is 15.9 Å². The third-order valence-corrected chi connectivity index (χ3v) is 2.59. The molecule has 1 N–H and O–H groups in total. The lowest BCUT2D eigenvalue weighted by molar-refractivity contribution is 0.102. The molecule has 0 amide bonds. The lowest BCUT2D eigenvalue weighted by atomic mass is 10.3. The number of halogens is 1. The Hall–Kier alpha value is -1.25. The van der Waals surface area contributed by atoms with Crippen molar-refractivity contribution in [2.24, 2.45) is 0 Å². The molecule has 1 atom stereocenters. The first-order chi connectivity index (χ1) is 8.17. The maximum absolute atomic E-state index is 9.41. The van der Waals surface area contributed by atoms with E-state index in [4.69, 9.17) is 14.7 Å². The van der Waals surface area contributed by atoms with E-state index in [1.54, 1.807) is 12.1 Å². The fraction of sp³-hybridized carbons (Fsp3) is 0.417. The second-order valence-electron chi connectivity index (χ2n) is 3.41. The molecule has 1 rings (SSSR count). The lowest BCUT2D eigenvalue weighted by Crippen LogP contribution is -2.16. The Morgan fingerprint density at radius 1 is 1.41 bits per heavy atom. The first kappa shape index (κ1) is 13.8. The average molecular weight is 300 g/mol. The fourth-order valence-corrected chi connectivity index (χ4v) is 1.47.